The van der Waals surface area contributed by atoms with Gasteiger partial charge in [-0.25, -0.2) is 9.69 Å². The van der Waals surface area contributed by atoms with Crippen LogP contribution in [0.1, 0.15) is 34.7 Å². The number of para-hydroxylation sites is 1. The van der Waals surface area contributed by atoms with Gasteiger partial charge in [-0.3, -0.25) is 14.9 Å². The molecule has 3 aromatic rings. The Morgan fingerprint density at radius 1 is 0.944 bits per heavy atom. The highest BCUT2D eigenvalue weighted by Gasteiger charge is 2.37. The number of imide groups is 2. The first-order valence-electron chi connectivity index (χ1n) is 11.7. The third kappa shape index (κ3) is 5.00. The lowest BCUT2D eigenvalue weighted by atomic mass is 10.0. The summed E-state index contributed by atoms with van der Waals surface area (Å²) in [4.78, 5) is 39.8. The maximum absolute atomic E-state index is 13.4. The van der Waals surface area contributed by atoms with Gasteiger partial charge in [0.2, 0.25) is 0 Å². The first-order chi connectivity index (χ1) is 17.3. The molecular formula is C29H28N2O5. The molecule has 1 saturated heterocycles. The Hall–Kier alpha value is -4.39. The summed E-state index contributed by atoms with van der Waals surface area (Å²) < 4.78 is 11.4. The van der Waals surface area contributed by atoms with E-state index in [1.54, 1.807) is 37.4 Å². The Morgan fingerprint density at radius 2 is 1.72 bits per heavy atom. The summed E-state index contributed by atoms with van der Waals surface area (Å²) in [6.07, 6.45) is 2.07. The van der Waals surface area contributed by atoms with E-state index in [2.05, 4.69) is 11.4 Å². The van der Waals surface area contributed by atoms with Crippen LogP contribution in [-0.4, -0.2) is 25.0 Å². The van der Waals surface area contributed by atoms with Gasteiger partial charge in [0.25, 0.3) is 11.8 Å². The van der Waals surface area contributed by atoms with Crippen LogP contribution in [0.25, 0.3) is 6.08 Å². The maximum Gasteiger partial charge on any atom is 0.335 e. The minimum Gasteiger partial charge on any atom is -0.497 e. The number of aryl methyl sites for hydroxylation is 3. The van der Waals surface area contributed by atoms with E-state index in [-0.39, 0.29) is 5.57 Å². The van der Waals surface area contributed by atoms with Crippen LogP contribution in [0.15, 0.2) is 66.2 Å². The smallest absolute Gasteiger partial charge is 0.335 e. The van der Waals surface area contributed by atoms with Gasteiger partial charge in [0.05, 0.1) is 12.8 Å². The van der Waals surface area contributed by atoms with Gasteiger partial charge in [-0.2, -0.15) is 0 Å². The van der Waals surface area contributed by atoms with Crippen molar-refractivity contribution in [3.8, 4) is 11.5 Å². The van der Waals surface area contributed by atoms with Crippen LogP contribution in [0, 0.1) is 13.8 Å². The average molecular weight is 485 g/mol. The van der Waals surface area contributed by atoms with Crippen LogP contribution in [0.4, 0.5) is 10.5 Å². The Balaban J connectivity index is 1.70. The molecule has 4 amide bonds. The van der Waals surface area contributed by atoms with Gasteiger partial charge < -0.3 is 9.47 Å². The quantitative estimate of drug-likeness (QED) is 0.372. The van der Waals surface area contributed by atoms with Gasteiger partial charge in [0, 0.05) is 11.6 Å². The molecule has 0 atom stereocenters. The lowest BCUT2D eigenvalue weighted by molar-refractivity contribution is -0.122. The highest BCUT2D eigenvalue weighted by atomic mass is 16.5. The third-order valence-corrected chi connectivity index (χ3v) is 6.20. The zero-order chi connectivity index (χ0) is 25.8. The monoisotopic (exact) mass is 484 g/mol. The van der Waals surface area contributed by atoms with E-state index >= 15 is 0 Å². The summed E-state index contributed by atoms with van der Waals surface area (Å²) >= 11 is 0. The van der Waals surface area contributed by atoms with Gasteiger partial charge in [0.1, 0.15) is 23.7 Å². The van der Waals surface area contributed by atoms with E-state index in [1.165, 1.54) is 11.6 Å². The Bertz CT molecular complexity index is 1380. The first-order valence-corrected chi connectivity index (χ1v) is 11.7. The third-order valence-electron chi connectivity index (χ3n) is 6.20. The van der Waals surface area contributed by atoms with Crippen LogP contribution >= 0.6 is 0 Å². The lowest BCUT2D eigenvalue weighted by Crippen LogP contribution is -2.54. The molecule has 1 N–H and O–H groups in total. The number of barbiturate groups is 1. The number of benzene rings is 3. The number of ether oxygens (including phenoxy) is 2. The van der Waals surface area contributed by atoms with Crippen molar-refractivity contribution in [2.75, 3.05) is 12.0 Å². The molecule has 0 bridgehead atoms. The summed E-state index contributed by atoms with van der Waals surface area (Å²) in [5, 5.41) is 2.28. The zero-order valence-electron chi connectivity index (χ0n) is 20.8. The molecule has 3 aromatic carbocycles. The molecule has 1 fully saturated rings. The average Bonchev–Trinajstić information content (AvgIpc) is 2.87. The van der Waals surface area contributed by atoms with Gasteiger partial charge >= 0.3 is 6.03 Å². The number of carbonyl (C=O) groups is 3. The number of rotatable bonds is 7. The van der Waals surface area contributed by atoms with Crippen molar-refractivity contribution in [1.82, 2.24) is 5.32 Å². The lowest BCUT2D eigenvalue weighted by Gasteiger charge is -2.28. The van der Waals surface area contributed by atoms with Crippen molar-refractivity contribution in [3.63, 3.8) is 0 Å². The minimum atomic E-state index is -0.774. The van der Waals surface area contributed by atoms with E-state index in [1.807, 2.05) is 45.0 Å². The van der Waals surface area contributed by atoms with Crippen molar-refractivity contribution >= 4 is 29.6 Å². The predicted octanol–water partition coefficient (Wildman–Crippen LogP) is 5.12. The molecule has 184 valence electrons. The van der Waals surface area contributed by atoms with Crippen LogP contribution in [0.2, 0.25) is 0 Å². The number of hydrogen-bond acceptors (Lipinski definition) is 5. The van der Waals surface area contributed by atoms with Crippen molar-refractivity contribution in [2.45, 2.75) is 33.8 Å². The fourth-order valence-corrected chi connectivity index (χ4v) is 4.00. The molecule has 1 aliphatic heterocycles. The minimum absolute atomic E-state index is 0.165. The number of anilines is 1. The molecule has 7 heteroatoms. The molecule has 1 heterocycles. The SMILES string of the molecule is CCc1ccccc1N1C(=O)NC(=O)/C(=C/c2ccc(OC)cc2OCc2ccc(C)c(C)c2)C1=O. The van der Waals surface area contributed by atoms with Crippen molar-refractivity contribution in [1.29, 1.82) is 0 Å². The fourth-order valence-electron chi connectivity index (χ4n) is 4.00. The molecule has 0 aliphatic carbocycles. The van der Waals surface area contributed by atoms with E-state index in [4.69, 9.17) is 9.47 Å². The zero-order valence-corrected chi connectivity index (χ0v) is 20.8. The molecule has 0 aromatic heterocycles. The van der Waals surface area contributed by atoms with Gasteiger partial charge in [0.15, 0.2) is 0 Å². The largest absolute Gasteiger partial charge is 0.497 e. The van der Waals surface area contributed by atoms with E-state index in [0.29, 0.717) is 35.8 Å². The second kappa shape index (κ2) is 10.5. The summed E-state index contributed by atoms with van der Waals surface area (Å²) in [7, 11) is 1.55. The Labute approximate surface area is 210 Å². The first kappa shape index (κ1) is 24.7. The second-order valence-corrected chi connectivity index (χ2v) is 8.55. The molecule has 0 saturated carbocycles. The number of hydrogen-bond donors (Lipinski definition) is 1. The topological polar surface area (TPSA) is 84.9 Å². The van der Waals surface area contributed by atoms with E-state index in [0.717, 1.165) is 21.6 Å². The normalized spacial score (nSPS) is 14.7. The maximum atomic E-state index is 13.4. The van der Waals surface area contributed by atoms with Crippen LogP contribution in [0.3, 0.4) is 0 Å². The number of carbonyl (C=O) groups excluding carboxylic acids is 3. The number of urea groups is 1. The van der Waals surface area contributed by atoms with Gasteiger partial charge in [-0.1, -0.05) is 43.3 Å². The van der Waals surface area contributed by atoms with Gasteiger partial charge in [-0.05, 0) is 66.8 Å². The van der Waals surface area contributed by atoms with Crippen molar-refractivity contribution in [2.24, 2.45) is 0 Å². The summed E-state index contributed by atoms with van der Waals surface area (Å²) in [6.45, 7) is 6.31. The molecule has 7 nitrogen and oxygen atoms in total. The number of nitrogens with zero attached hydrogens (tertiary/aromatic N) is 1. The molecule has 0 radical (unpaired) electrons. The Morgan fingerprint density at radius 3 is 2.44 bits per heavy atom. The summed E-state index contributed by atoms with van der Waals surface area (Å²) in [5.74, 6) is -0.440. The highest BCUT2D eigenvalue weighted by Crippen LogP contribution is 2.30. The number of methoxy groups -OCH3 is 1. The standard InChI is InChI=1S/C29H28N2O5/c1-5-21-8-6-7-9-25(21)31-28(33)24(27(32)30-29(31)34)15-22-12-13-23(35-4)16-26(22)36-17-20-11-10-18(2)19(3)14-20/h6-16H,5,17H2,1-4H3,(H,30,32,34)/b24-15-. The fraction of sp³-hybridized carbons (Fsp3) is 0.207. The van der Waals surface area contributed by atoms with E-state index in [9.17, 15) is 14.4 Å². The molecule has 1 aliphatic rings. The molecular weight excluding hydrogens is 456 g/mol. The predicted molar refractivity (Wildman–Crippen MR) is 138 cm³/mol. The highest BCUT2D eigenvalue weighted by molar-refractivity contribution is 6.39. The number of amides is 4. The number of nitrogens with one attached hydrogen (secondary N) is 1. The Kier molecular flexibility index (Phi) is 7.20. The van der Waals surface area contributed by atoms with Crippen LogP contribution in [-0.2, 0) is 22.6 Å². The van der Waals surface area contributed by atoms with Crippen LogP contribution in [0.5, 0.6) is 11.5 Å². The van der Waals surface area contributed by atoms with Gasteiger partial charge in [-0.15, -0.1) is 0 Å². The van der Waals surface area contributed by atoms with Crippen molar-refractivity contribution < 1.29 is 23.9 Å². The van der Waals surface area contributed by atoms with Crippen molar-refractivity contribution in [3.05, 3.63) is 94.1 Å². The summed E-state index contributed by atoms with van der Waals surface area (Å²) in [5.41, 5.74) is 4.94. The molecule has 4 rings (SSSR count). The summed E-state index contributed by atoms with van der Waals surface area (Å²) in [6, 6.07) is 17.6. The van der Waals surface area contributed by atoms with Crippen LogP contribution < -0.4 is 19.7 Å². The molecule has 0 unspecified atom stereocenters. The second-order valence-electron chi connectivity index (χ2n) is 8.55. The van der Waals surface area contributed by atoms with E-state index < -0.39 is 17.8 Å². The molecule has 0 spiro atoms. The molecule has 36 heavy (non-hydrogen) atoms.